The van der Waals surface area contributed by atoms with Crippen LogP contribution in [0.15, 0.2) is 42.5 Å². The number of nitrogens with zero attached hydrogens (tertiary/aromatic N) is 2. The van der Waals surface area contributed by atoms with Crippen molar-refractivity contribution in [2.75, 3.05) is 17.1 Å². The quantitative estimate of drug-likeness (QED) is 0.464. The molecule has 0 unspecified atom stereocenters. The molecule has 0 saturated heterocycles. The second-order valence-electron chi connectivity index (χ2n) is 8.01. The van der Waals surface area contributed by atoms with E-state index in [1.165, 1.54) is 23.1 Å². The lowest BCUT2D eigenvalue weighted by Crippen LogP contribution is -2.52. The topological polar surface area (TPSA) is 86.8 Å². The fraction of sp³-hybridized carbons (Fsp3) is 0.391. The average Bonchev–Trinajstić information content (AvgIpc) is 2.76. The van der Waals surface area contributed by atoms with Crippen LogP contribution in [0.3, 0.4) is 0 Å². The van der Waals surface area contributed by atoms with E-state index in [1.807, 2.05) is 13.8 Å². The molecule has 1 N–H and O–H groups in total. The number of carbonyl (C=O) groups excluding carboxylic acids is 2. The molecule has 0 saturated carbocycles. The van der Waals surface area contributed by atoms with E-state index in [1.54, 1.807) is 31.2 Å². The van der Waals surface area contributed by atoms with Crippen molar-refractivity contribution in [3.63, 3.8) is 0 Å². The van der Waals surface area contributed by atoms with E-state index in [0.717, 1.165) is 17.0 Å². The summed E-state index contributed by atoms with van der Waals surface area (Å²) in [5.41, 5.74) is 0.883. The molecule has 2 amide bonds. The Morgan fingerprint density at radius 3 is 2.26 bits per heavy atom. The van der Waals surface area contributed by atoms with E-state index >= 15 is 0 Å². The highest BCUT2D eigenvalue weighted by Gasteiger charge is 2.30. The zero-order chi connectivity index (χ0) is 25.6. The first kappa shape index (κ1) is 28.2. The van der Waals surface area contributed by atoms with Crippen LogP contribution in [0.2, 0.25) is 15.1 Å². The van der Waals surface area contributed by atoms with Gasteiger partial charge in [0.05, 0.1) is 22.0 Å². The number of carbonyl (C=O) groups is 2. The maximum Gasteiger partial charge on any atom is 0.244 e. The summed E-state index contributed by atoms with van der Waals surface area (Å²) in [5.74, 6) is -0.909. The summed E-state index contributed by atoms with van der Waals surface area (Å²) >= 11 is 18.1. The molecule has 0 aromatic heterocycles. The van der Waals surface area contributed by atoms with E-state index in [2.05, 4.69) is 5.32 Å². The fourth-order valence-corrected chi connectivity index (χ4v) is 4.48. The maximum atomic E-state index is 13.5. The van der Waals surface area contributed by atoms with Gasteiger partial charge in [-0.3, -0.25) is 13.9 Å². The summed E-state index contributed by atoms with van der Waals surface area (Å²) in [7, 11) is -3.86. The van der Waals surface area contributed by atoms with Crippen molar-refractivity contribution in [3.05, 3.63) is 63.1 Å². The summed E-state index contributed by atoms with van der Waals surface area (Å²) in [4.78, 5) is 27.7. The Kier molecular flexibility index (Phi) is 10.1. The molecular formula is C23H28Cl3N3O4S. The normalized spacial score (nSPS) is 13.1. The van der Waals surface area contributed by atoms with Crippen molar-refractivity contribution in [2.24, 2.45) is 0 Å². The van der Waals surface area contributed by atoms with Gasteiger partial charge in [0.15, 0.2) is 0 Å². The van der Waals surface area contributed by atoms with Crippen LogP contribution < -0.4 is 9.62 Å². The molecule has 0 aliphatic rings. The largest absolute Gasteiger partial charge is 0.352 e. The highest BCUT2D eigenvalue weighted by molar-refractivity contribution is 7.92. The van der Waals surface area contributed by atoms with Gasteiger partial charge < -0.3 is 10.2 Å². The average molecular weight is 549 g/mol. The number of benzene rings is 2. The maximum absolute atomic E-state index is 13.5. The minimum atomic E-state index is -3.86. The molecule has 0 aliphatic carbocycles. The van der Waals surface area contributed by atoms with Gasteiger partial charge in [-0.25, -0.2) is 8.42 Å². The third-order valence-electron chi connectivity index (χ3n) is 5.28. The highest BCUT2D eigenvalue weighted by atomic mass is 35.5. The number of sulfonamides is 1. The molecule has 0 heterocycles. The van der Waals surface area contributed by atoms with Crippen molar-refractivity contribution < 1.29 is 18.0 Å². The van der Waals surface area contributed by atoms with Gasteiger partial charge in [0.25, 0.3) is 0 Å². The molecular weight excluding hydrogens is 521 g/mol. The van der Waals surface area contributed by atoms with Crippen LogP contribution in [0.4, 0.5) is 5.69 Å². The first-order valence-corrected chi connectivity index (χ1v) is 13.6. The number of amides is 2. The van der Waals surface area contributed by atoms with Gasteiger partial charge in [-0.05, 0) is 56.2 Å². The SMILES string of the molecule is CC[C@H](C)NC(=O)[C@@H](C)N(Cc1cccc(Cl)c1)C(=O)CN(c1ccc(Cl)c(Cl)c1)S(C)(=O)=O. The number of nitrogens with one attached hydrogen (secondary N) is 1. The summed E-state index contributed by atoms with van der Waals surface area (Å²) in [6.45, 7) is 4.94. The van der Waals surface area contributed by atoms with Crippen LogP contribution in [0.1, 0.15) is 32.8 Å². The number of rotatable bonds is 10. The monoisotopic (exact) mass is 547 g/mol. The molecule has 2 aromatic rings. The zero-order valence-corrected chi connectivity index (χ0v) is 22.5. The highest BCUT2D eigenvalue weighted by Crippen LogP contribution is 2.28. The van der Waals surface area contributed by atoms with Gasteiger partial charge in [-0.2, -0.15) is 0 Å². The molecule has 11 heteroatoms. The number of anilines is 1. The number of hydrogen-bond acceptors (Lipinski definition) is 4. The van der Waals surface area contributed by atoms with E-state index in [0.29, 0.717) is 10.6 Å². The molecule has 2 atom stereocenters. The Morgan fingerprint density at radius 1 is 1.03 bits per heavy atom. The van der Waals surface area contributed by atoms with Gasteiger partial charge in [0.1, 0.15) is 12.6 Å². The molecule has 0 radical (unpaired) electrons. The van der Waals surface area contributed by atoms with E-state index in [-0.39, 0.29) is 34.2 Å². The van der Waals surface area contributed by atoms with Gasteiger partial charge in [-0.1, -0.05) is 53.9 Å². The Balaban J connectivity index is 2.41. The molecule has 186 valence electrons. The molecule has 0 fully saturated rings. The Bertz CT molecular complexity index is 1140. The standard InChI is InChI=1S/C23H28Cl3N3O4S/c1-5-15(2)27-23(31)16(3)28(13-17-7-6-8-18(24)11-17)22(30)14-29(34(4,32)33)19-9-10-20(25)21(26)12-19/h6-12,15-16H,5,13-14H2,1-4H3,(H,27,31)/t15-,16+/m0/s1. The third-order valence-corrected chi connectivity index (χ3v) is 7.40. The first-order chi connectivity index (χ1) is 15.8. The van der Waals surface area contributed by atoms with Crippen LogP contribution in [0.25, 0.3) is 0 Å². The smallest absolute Gasteiger partial charge is 0.244 e. The summed E-state index contributed by atoms with van der Waals surface area (Å²) in [6, 6.07) is 10.2. The van der Waals surface area contributed by atoms with Crippen molar-refractivity contribution >= 4 is 62.3 Å². The predicted octanol–water partition coefficient (Wildman–Crippen LogP) is 4.74. The van der Waals surface area contributed by atoms with Crippen LogP contribution in [-0.4, -0.2) is 50.0 Å². The van der Waals surface area contributed by atoms with Crippen LogP contribution in [-0.2, 0) is 26.2 Å². The molecule has 2 rings (SSSR count). The fourth-order valence-electron chi connectivity index (χ4n) is 3.13. The van der Waals surface area contributed by atoms with Gasteiger partial charge in [0.2, 0.25) is 21.8 Å². The Morgan fingerprint density at radius 2 is 1.71 bits per heavy atom. The molecule has 0 spiro atoms. The lowest BCUT2D eigenvalue weighted by atomic mass is 10.1. The third kappa shape index (κ3) is 7.77. The second-order valence-corrected chi connectivity index (χ2v) is 11.2. The summed E-state index contributed by atoms with van der Waals surface area (Å²) < 4.78 is 26.1. The molecule has 0 bridgehead atoms. The lowest BCUT2D eigenvalue weighted by molar-refractivity contribution is -0.139. The van der Waals surface area contributed by atoms with Crippen LogP contribution in [0, 0.1) is 0 Å². The van der Waals surface area contributed by atoms with Crippen LogP contribution in [0.5, 0.6) is 0 Å². The second kappa shape index (κ2) is 12.1. The Labute approximate surface area is 216 Å². The summed E-state index contributed by atoms with van der Waals surface area (Å²) in [5, 5.41) is 3.75. The van der Waals surface area contributed by atoms with Crippen molar-refractivity contribution in [2.45, 2.75) is 45.8 Å². The first-order valence-electron chi connectivity index (χ1n) is 10.6. The minimum Gasteiger partial charge on any atom is -0.352 e. The van der Waals surface area contributed by atoms with Crippen LogP contribution >= 0.6 is 34.8 Å². The van der Waals surface area contributed by atoms with Gasteiger partial charge in [0, 0.05) is 17.6 Å². The number of halogens is 3. The number of hydrogen-bond donors (Lipinski definition) is 1. The minimum absolute atomic E-state index is 0.0630. The zero-order valence-electron chi connectivity index (χ0n) is 19.4. The Hall–Kier alpha value is -2.00. The van der Waals surface area contributed by atoms with Crippen molar-refractivity contribution in [1.29, 1.82) is 0 Å². The van der Waals surface area contributed by atoms with E-state index in [4.69, 9.17) is 34.8 Å². The van der Waals surface area contributed by atoms with E-state index in [9.17, 15) is 18.0 Å². The summed E-state index contributed by atoms with van der Waals surface area (Å²) in [6.07, 6.45) is 1.71. The molecule has 0 aliphatic heterocycles. The lowest BCUT2D eigenvalue weighted by Gasteiger charge is -2.32. The molecule has 2 aromatic carbocycles. The van der Waals surface area contributed by atoms with Gasteiger partial charge in [-0.15, -0.1) is 0 Å². The molecule has 34 heavy (non-hydrogen) atoms. The van der Waals surface area contributed by atoms with Crippen molar-refractivity contribution in [3.8, 4) is 0 Å². The predicted molar refractivity (Wildman–Crippen MR) is 138 cm³/mol. The van der Waals surface area contributed by atoms with Crippen molar-refractivity contribution in [1.82, 2.24) is 10.2 Å². The van der Waals surface area contributed by atoms with Gasteiger partial charge >= 0.3 is 0 Å². The van der Waals surface area contributed by atoms with E-state index < -0.39 is 28.5 Å². The molecule has 7 nitrogen and oxygen atoms in total.